The van der Waals surface area contributed by atoms with Crippen molar-refractivity contribution in [3.8, 4) is 10.4 Å². The van der Waals surface area contributed by atoms with Crippen LogP contribution in [0.1, 0.15) is 26.4 Å². The molecule has 2 N–H and O–H groups in total. The SMILES string of the molecule is Cc1cc(S(=O)(=O)Nc2c(C(=O)O)sc3c2CSc2ccc(Cl)cc2-3)c(C)cc1Cl. The van der Waals surface area contributed by atoms with Crippen molar-refractivity contribution in [1.29, 1.82) is 0 Å². The maximum atomic E-state index is 13.2. The fourth-order valence-corrected chi connectivity index (χ4v) is 7.51. The van der Waals surface area contributed by atoms with E-state index in [1.54, 1.807) is 32.0 Å². The molecule has 4 rings (SSSR count). The maximum Gasteiger partial charge on any atom is 0.348 e. The van der Waals surface area contributed by atoms with Gasteiger partial charge in [0.25, 0.3) is 10.0 Å². The third-order valence-corrected chi connectivity index (χ3v) is 9.23. The quantitative estimate of drug-likeness (QED) is 0.431. The van der Waals surface area contributed by atoms with Crippen molar-refractivity contribution in [2.24, 2.45) is 0 Å². The Morgan fingerprint density at radius 3 is 2.57 bits per heavy atom. The molecule has 1 aliphatic rings. The number of benzene rings is 2. The van der Waals surface area contributed by atoms with Gasteiger partial charge in [0.05, 0.1) is 10.6 Å². The number of nitrogens with one attached hydrogen (secondary N) is 1. The van der Waals surface area contributed by atoms with Gasteiger partial charge in [0.2, 0.25) is 0 Å². The van der Waals surface area contributed by atoms with E-state index in [1.807, 2.05) is 6.07 Å². The third-order valence-electron chi connectivity index (χ3n) is 4.74. The summed E-state index contributed by atoms with van der Waals surface area (Å²) >= 11 is 14.8. The van der Waals surface area contributed by atoms with Crippen molar-refractivity contribution >= 4 is 68.0 Å². The molecule has 2 heterocycles. The minimum absolute atomic E-state index is 0.0552. The fraction of sp³-hybridized carbons (Fsp3) is 0.150. The van der Waals surface area contributed by atoms with E-state index in [-0.39, 0.29) is 15.5 Å². The summed E-state index contributed by atoms with van der Waals surface area (Å²) in [5.74, 6) is -0.741. The second kappa shape index (κ2) is 7.76. The minimum atomic E-state index is -4.03. The van der Waals surface area contributed by atoms with Gasteiger partial charge in [-0.15, -0.1) is 23.1 Å². The summed E-state index contributed by atoms with van der Waals surface area (Å²) in [7, 11) is -4.03. The minimum Gasteiger partial charge on any atom is -0.477 e. The van der Waals surface area contributed by atoms with Crippen molar-refractivity contribution in [2.45, 2.75) is 29.4 Å². The molecule has 10 heteroatoms. The van der Waals surface area contributed by atoms with E-state index in [0.717, 1.165) is 21.8 Å². The molecule has 1 aromatic heterocycles. The van der Waals surface area contributed by atoms with Crippen molar-refractivity contribution in [3.05, 3.63) is 61.9 Å². The topological polar surface area (TPSA) is 83.5 Å². The third kappa shape index (κ3) is 3.71. The molecule has 0 saturated heterocycles. The van der Waals surface area contributed by atoms with E-state index in [1.165, 1.54) is 17.8 Å². The molecular formula is C20H15Cl2NO4S3. The molecule has 5 nitrogen and oxygen atoms in total. The molecule has 3 aromatic rings. The van der Waals surface area contributed by atoms with Crippen LogP contribution in [0.2, 0.25) is 10.0 Å². The molecule has 0 spiro atoms. The lowest BCUT2D eigenvalue weighted by Crippen LogP contribution is -2.17. The average Bonchev–Trinajstić information content (AvgIpc) is 3.03. The van der Waals surface area contributed by atoms with E-state index in [0.29, 0.717) is 37.4 Å². The van der Waals surface area contributed by atoms with Gasteiger partial charge in [0.15, 0.2) is 0 Å². The van der Waals surface area contributed by atoms with Gasteiger partial charge in [0.1, 0.15) is 4.88 Å². The average molecular weight is 500 g/mol. The number of rotatable bonds is 4. The van der Waals surface area contributed by atoms with Crippen LogP contribution in [-0.2, 0) is 15.8 Å². The van der Waals surface area contributed by atoms with Crippen molar-refractivity contribution in [2.75, 3.05) is 4.72 Å². The van der Waals surface area contributed by atoms with Gasteiger partial charge < -0.3 is 5.11 Å². The molecule has 0 unspecified atom stereocenters. The molecule has 156 valence electrons. The number of fused-ring (bicyclic) bond motifs is 3. The van der Waals surface area contributed by atoms with Crippen LogP contribution in [0.25, 0.3) is 10.4 Å². The molecule has 0 amide bonds. The van der Waals surface area contributed by atoms with Crippen LogP contribution in [0.15, 0.2) is 40.1 Å². The molecular weight excluding hydrogens is 485 g/mol. The first kappa shape index (κ1) is 21.5. The highest BCUT2D eigenvalue weighted by atomic mass is 35.5. The number of thiophene rings is 1. The number of anilines is 1. The highest BCUT2D eigenvalue weighted by Crippen LogP contribution is 2.51. The van der Waals surface area contributed by atoms with Crippen LogP contribution >= 0.6 is 46.3 Å². The Bertz CT molecular complexity index is 1320. The van der Waals surface area contributed by atoms with Crippen LogP contribution in [0.3, 0.4) is 0 Å². The van der Waals surface area contributed by atoms with Crippen LogP contribution in [-0.4, -0.2) is 19.5 Å². The number of thioether (sulfide) groups is 1. The first-order valence-corrected chi connectivity index (χ1v) is 12.7. The normalized spacial score (nSPS) is 12.9. The molecule has 0 fully saturated rings. The number of aromatic carboxylic acids is 1. The van der Waals surface area contributed by atoms with Crippen LogP contribution in [0, 0.1) is 13.8 Å². The summed E-state index contributed by atoms with van der Waals surface area (Å²) in [6.45, 7) is 3.36. The lowest BCUT2D eigenvalue weighted by Gasteiger charge is -2.18. The van der Waals surface area contributed by atoms with Crippen LogP contribution in [0.5, 0.6) is 0 Å². The Hall–Kier alpha value is -1.71. The van der Waals surface area contributed by atoms with Crippen molar-refractivity contribution in [3.63, 3.8) is 0 Å². The van der Waals surface area contributed by atoms with E-state index < -0.39 is 16.0 Å². The summed E-state index contributed by atoms with van der Waals surface area (Å²) in [6, 6.07) is 8.51. The van der Waals surface area contributed by atoms with E-state index in [2.05, 4.69) is 4.72 Å². The van der Waals surface area contributed by atoms with Crippen molar-refractivity contribution < 1.29 is 18.3 Å². The van der Waals surface area contributed by atoms with E-state index >= 15 is 0 Å². The second-order valence-electron chi connectivity index (χ2n) is 6.82. The monoisotopic (exact) mass is 499 g/mol. The molecule has 0 saturated carbocycles. The summed E-state index contributed by atoms with van der Waals surface area (Å²) < 4.78 is 28.9. The van der Waals surface area contributed by atoms with Gasteiger partial charge in [-0.1, -0.05) is 23.2 Å². The predicted octanol–water partition coefficient (Wildman–Crippen LogP) is 6.44. The number of carbonyl (C=O) groups is 1. The zero-order valence-electron chi connectivity index (χ0n) is 15.7. The van der Waals surface area contributed by atoms with Crippen LogP contribution < -0.4 is 4.72 Å². The van der Waals surface area contributed by atoms with Gasteiger partial charge in [-0.05, 0) is 55.3 Å². The molecule has 30 heavy (non-hydrogen) atoms. The number of halogens is 2. The van der Waals surface area contributed by atoms with E-state index in [4.69, 9.17) is 23.2 Å². The Balaban J connectivity index is 1.87. The molecule has 0 bridgehead atoms. The number of carboxylic acids is 1. The van der Waals surface area contributed by atoms with Crippen LogP contribution in [0.4, 0.5) is 5.69 Å². The largest absolute Gasteiger partial charge is 0.477 e. The number of hydrogen-bond acceptors (Lipinski definition) is 5. The summed E-state index contributed by atoms with van der Waals surface area (Å²) in [4.78, 5) is 13.6. The Morgan fingerprint density at radius 1 is 1.13 bits per heavy atom. The molecule has 0 radical (unpaired) electrons. The highest BCUT2D eigenvalue weighted by molar-refractivity contribution is 7.98. The van der Waals surface area contributed by atoms with E-state index in [9.17, 15) is 18.3 Å². The molecule has 1 aliphatic heterocycles. The summed E-state index contributed by atoms with van der Waals surface area (Å²) in [5.41, 5.74) is 2.65. The Labute approximate surface area is 192 Å². The number of hydrogen-bond donors (Lipinski definition) is 2. The zero-order valence-corrected chi connectivity index (χ0v) is 19.7. The number of sulfonamides is 1. The van der Waals surface area contributed by atoms with Gasteiger partial charge in [-0.3, -0.25) is 4.72 Å². The zero-order chi connectivity index (χ0) is 21.8. The fourth-order valence-electron chi connectivity index (χ4n) is 3.27. The second-order valence-corrected chi connectivity index (χ2v) is 11.4. The van der Waals surface area contributed by atoms with Gasteiger partial charge in [-0.2, -0.15) is 0 Å². The first-order chi connectivity index (χ1) is 14.1. The molecule has 0 aliphatic carbocycles. The Morgan fingerprint density at radius 2 is 1.87 bits per heavy atom. The van der Waals surface area contributed by atoms with Gasteiger partial charge in [-0.25, -0.2) is 13.2 Å². The standard InChI is InChI=1S/C20H15Cl2NO4S3/c1-9-6-16(10(2)5-14(9)22)30(26,27)23-17-13-8-28-15-4-3-11(21)7-12(15)18(13)29-19(17)20(24)25/h3-7,23H,8H2,1-2H3,(H,24,25). The summed E-state index contributed by atoms with van der Waals surface area (Å²) in [6.07, 6.45) is 0. The number of aryl methyl sites for hydroxylation is 2. The van der Waals surface area contributed by atoms with Crippen molar-refractivity contribution in [1.82, 2.24) is 0 Å². The molecule has 2 aromatic carbocycles. The lowest BCUT2D eigenvalue weighted by atomic mass is 10.1. The Kier molecular flexibility index (Phi) is 5.57. The number of carboxylic acid groups (broad SMARTS) is 1. The van der Waals surface area contributed by atoms with Gasteiger partial charge >= 0.3 is 5.97 Å². The first-order valence-electron chi connectivity index (χ1n) is 8.69. The maximum absolute atomic E-state index is 13.2. The predicted molar refractivity (Wildman–Crippen MR) is 123 cm³/mol. The highest BCUT2D eigenvalue weighted by Gasteiger charge is 2.31. The molecule has 0 atom stereocenters. The lowest BCUT2D eigenvalue weighted by molar-refractivity contribution is 0.0703. The van der Waals surface area contributed by atoms with Gasteiger partial charge in [0, 0.05) is 36.7 Å². The smallest absolute Gasteiger partial charge is 0.348 e. The summed E-state index contributed by atoms with van der Waals surface area (Å²) in [5, 5.41) is 10.7.